The molecule has 3 rings (SSSR count). The van der Waals surface area contributed by atoms with E-state index in [0.29, 0.717) is 6.54 Å². The highest BCUT2D eigenvalue weighted by molar-refractivity contribution is 5.80. The van der Waals surface area contributed by atoms with Crippen LogP contribution in [0, 0.1) is 13.8 Å². The summed E-state index contributed by atoms with van der Waals surface area (Å²) < 4.78 is 5.83. The number of fused-ring (bicyclic) bond motifs is 1. The molecule has 5 heteroatoms. The topological polar surface area (TPSA) is 67.0 Å². The number of rotatable bonds is 6. The number of aromatic nitrogens is 2. The number of carbonyl (C=O) groups is 1. The number of hydrogen-bond acceptors (Lipinski definition) is 3. The molecule has 0 fully saturated rings. The smallest absolute Gasteiger partial charge is 0.260 e. The number of benzene rings is 1. The molecule has 1 atom stereocenters. The molecule has 134 valence electrons. The van der Waals surface area contributed by atoms with Crippen LogP contribution in [0.1, 0.15) is 47.8 Å². The van der Waals surface area contributed by atoms with Gasteiger partial charge in [-0.1, -0.05) is 12.1 Å². The Morgan fingerprint density at radius 3 is 2.96 bits per heavy atom. The van der Waals surface area contributed by atoms with E-state index in [1.54, 1.807) is 6.92 Å². The van der Waals surface area contributed by atoms with Crippen molar-refractivity contribution < 1.29 is 9.53 Å². The zero-order valence-corrected chi connectivity index (χ0v) is 15.3. The lowest BCUT2D eigenvalue weighted by molar-refractivity contribution is -0.127. The number of aryl methyl sites for hydroxylation is 3. The van der Waals surface area contributed by atoms with Gasteiger partial charge in [-0.2, -0.15) is 5.10 Å². The highest BCUT2D eigenvalue weighted by Gasteiger charge is 2.18. The Morgan fingerprint density at radius 2 is 2.12 bits per heavy atom. The van der Waals surface area contributed by atoms with Gasteiger partial charge in [-0.25, -0.2) is 0 Å². The van der Waals surface area contributed by atoms with Gasteiger partial charge >= 0.3 is 0 Å². The zero-order valence-electron chi connectivity index (χ0n) is 15.3. The minimum Gasteiger partial charge on any atom is -0.481 e. The summed E-state index contributed by atoms with van der Waals surface area (Å²) in [5, 5.41) is 10.5. The number of carbonyl (C=O) groups excluding carboxylic acids is 1. The number of amides is 1. The molecule has 0 aliphatic heterocycles. The summed E-state index contributed by atoms with van der Waals surface area (Å²) in [5.41, 5.74) is 5.89. The third-order valence-electron chi connectivity index (χ3n) is 4.82. The Kier molecular flexibility index (Phi) is 5.41. The Morgan fingerprint density at radius 1 is 1.32 bits per heavy atom. The fraction of sp³-hybridized carbons (Fsp3) is 0.500. The minimum atomic E-state index is -0.520. The molecule has 5 nitrogen and oxygen atoms in total. The summed E-state index contributed by atoms with van der Waals surface area (Å²) in [6, 6.07) is 6.02. The van der Waals surface area contributed by atoms with Gasteiger partial charge in [0.15, 0.2) is 6.10 Å². The predicted molar refractivity (Wildman–Crippen MR) is 97.9 cm³/mol. The van der Waals surface area contributed by atoms with Crippen molar-refractivity contribution >= 4 is 5.91 Å². The highest BCUT2D eigenvalue weighted by atomic mass is 16.5. The van der Waals surface area contributed by atoms with E-state index < -0.39 is 6.10 Å². The maximum absolute atomic E-state index is 12.3. The minimum absolute atomic E-state index is 0.0923. The van der Waals surface area contributed by atoms with Crippen LogP contribution in [0.15, 0.2) is 18.2 Å². The molecular weight excluding hydrogens is 314 g/mol. The molecule has 2 N–H and O–H groups in total. The Balaban J connectivity index is 1.50. The molecule has 0 saturated carbocycles. The number of hydrogen-bond donors (Lipinski definition) is 2. The van der Waals surface area contributed by atoms with Crippen molar-refractivity contribution in [2.75, 3.05) is 6.54 Å². The first-order valence-corrected chi connectivity index (χ1v) is 9.11. The molecule has 0 saturated heterocycles. The predicted octanol–water partition coefficient (Wildman–Crippen LogP) is 3.03. The molecule has 0 radical (unpaired) electrons. The molecule has 1 aliphatic carbocycles. The number of nitrogens with one attached hydrogen (secondary N) is 2. The Labute approximate surface area is 149 Å². The third-order valence-corrected chi connectivity index (χ3v) is 4.82. The van der Waals surface area contributed by atoms with Gasteiger partial charge in [-0.05, 0) is 69.2 Å². The van der Waals surface area contributed by atoms with Crippen molar-refractivity contribution in [3.8, 4) is 5.75 Å². The largest absolute Gasteiger partial charge is 0.481 e. The van der Waals surface area contributed by atoms with Crippen LogP contribution in [0.2, 0.25) is 0 Å². The first-order chi connectivity index (χ1) is 12.0. The fourth-order valence-corrected chi connectivity index (χ4v) is 3.28. The summed E-state index contributed by atoms with van der Waals surface area (Å²) in [4.78, 5) is 12.3. The number of nitrogens with zero attached hydrogens (tertiary/aromatic N) is 1. The lowest BCUT2D eigenvalue weighted by Gasteiger charge is -2.17. The molecular formula is C20H27N3O2. The van der Waals surface area contributed by atoms with E-state index in [-0.39, 0.29) is 5.91 Å². The van der Waals surface area contributed by atoms with E-state index in [0.717, 1.165) is 41.8 Å². The number of H-pyrrole nitrogens is 1. The van der Waals surface area contributed by atoms with Crippen LogP contribution >= 0.6 is 0 Å². The standard InChI is InChI=1S/C20H27N3O2/c1-13-8-9-14(2)19(12-13)25-15(3)20(24)21-11-10-18-16-6-4-5-7-17(16)22-23-18/h8-9,12,15H,4-7,10-11H2,1-3H3,(H,21,24)(H,22,23). The van der Waals surface area contributed by atoms with Crippen molar-refractivity contribution in [2.24, 2.45) is 0 Å². The fourth-order valence-electron chi connectivity index (χ4n) is 3.28. The van der Waals surface area contributed by atoms with Crippen LogP contribution in [0.4, 0.5) is 0 Å². The first kappa shape index (κ1) is 17.5. The van der Waals surface area contributed by atoms with Crippen molar-refractivity contribution in [1.82, 2.24) is 15.5 Å². The van der Waals surface area contributed by atoms with E-state index in [4.69, 9.17) is 4.74 Å². The first-order valence-electron chi connectivity index (χ1n) is 9.11. The van der Waals surface area contributed by atoms with Gasteiger partial charge < -0.3 is 10.1 Å². The summed E-state index contributed by atoms with van der Waals surface area (Å²) in [5.74, 6) is 0.675. The van der Waals surface area contributed by atoms with Crippen molar-refractivity contribution in [3.05, 3.63) is 46.3 Å². The van der Waals surface area contributed by atoms with Gasteiger partial charge in [0.2, 0.25) is 0 Å². The molecule has 25 heavy (non-hydrogen) atoms. The van der Waals surface area contributed by atoms with Gasteiger partial charge in [0.25, 0.3) is 5.91 Å². The molecule has 1 aromatic heterocycles. The van der Waals surface area contributed by atoms with Gasteiger partial charge in [-0.3, -0.25) is 9.89 Å². The molecule has 2 aromatic rings. The molecule has 1 aromatic carbocycles. The summed E-state index contributed by atoms with van der Waals surface area (Å²) in [7, 11) is 0. The monoisotopic (exact) mass is 341 g/mol. The molecule has 1 unspecified atom stereocenters. The van der Waals surface area contributed by atoms with E-state index in [1.807, 2.05) is 32.0 Å². The average Bonchev–Trinajstić information content (AvgIpc) is 3.01. The zero-order chi connectivity index (χ0) is 17.8. The quantitative estimate of drug-likeness (QED) is 0.849. The third kappa shape index (κ3) is 4.21. The number of aromatic amines is 1. The maximum Gasteiger partial charge on any atom is 0.260 e. The lowest BCUT2D eigenvalue weighted by Crippen LogP contribution is -2.37. The van der Waals surface area contributed by atoms with Crippen LogP contribution in [0.3, 0.4) is 0 Å². The van der Waals surface area contributed by atoms with Crippen LogP contribution in [-0.2, 0) is 24.1 Å². The van der Waals surface area contributed by atoms with E-state index in [2.05, 4.69) is 15.5 Å². The SMILES string of the molecule is Cc1ccc(C)c(OC(C)C(=O)NCCc2n[nH]c3c2CCCC3)c1. The molecule has 1 amide bonds. The van der Waals surface area contributed by atoms with Crippen molar-refractivity contribution in [1.29, 1.82) is 0 Å². The van der Waals surface area contributed by atoms with Crippen LogP contribution < -0.4 is 10.1 Å². The summed E-state index contributed by atoms with van der Waals surface area (Å²) in [6.07, 6.45) is 4.89. The molecule has 1 aliphatic rings. The Bertz CT molecular complexity index is 751. The second-order valence-corrected chi connectivity index (χ2v) is 6.90. The van der Waals surface area contributed by atoms with E-state index >= 15 is 0 Å². The average molecular weight is 341 g/mol. The van der Waals surface area contributed by atoms with E-state index in [1.165, 1.54) is 24.1 Å². The van der Waals surface area contributed by atoms with Crippen molar-refractivity contribution in [3.63, 3.8) is 0 Å². The summed E-state index contributed by atoms with van der Waals surface area (Å²) >= 11 is 0. The molecule has 0 spiro atoms. The molecule has 1 heterocycles. The highest BCUT2D eigenvalue weighted by Crippen LogP contribution is 2.22. The van der Waals surface area contributed by atoms with Gasteiger partial charge in [0, 0.05) is 18.7 Å². The lowest BCUT2D eigenvalue weighted by atomic mass is 9.95. The van der Waals surface area contributed by atoms with Crippen LogP contribution in [0.5, 0.6) is 5.75 Å². The maximum atomic E-state index is 12.3. The Hall–Kier alpha value is -2.30. The van der Waals surface area contributed by atoms with Gasteiger partial charge in [-0.15, -0.1) is 0 Å². The van der Waals surface area contributed by atoms with Gasteiger partial charge in [0.05, 0.1) is 5.69 Å². The van der Waals surface area contributed by atoms with Gasteiger partial charge in [0.1, 0.15) is 5.75 Å². The van der Waals surface area contributed by atoms with E-state index in [9.17, 15) is 4.79 Å². The van der Waals surface area contributed by atoms with Crippen molar-refractivity contribution in [2.45, 2.75) is 59.0 Å². The number of ether oxygens (including phenoxy) is 1. The second-order valence-electron chi connectivity index (χ2n) is 6.90. The van der Waals surface area contributed by atoms with Crippen LogP contribution in [0.25, 0.3) is 0 Å². The molecule has 0 bridgehead atoms. The normalized spacial score (nSPS) is 14.7. The van der Waals surface area contributed by atoms with Crippen LogP contribution in [-0.4, -0.2) is 28.8 Å². The second kappa shape index (κ2) is 7.72. The summed E-state index contributed by atoms with van der Waals surface area (Å²) in [6.45, 7) is 6.37.